The van der Waals surface area contributed by atoms with Crippen molar-refractivity contribution in [3.63, 3.8) is 0 Å². The van der Waals surface area contributed by atoms with E-state index in [0.717, 1.165) is 6.42 Å². The molecule has 0 aliphatic rings. The molecule has 2 aromatic rings. The van der Waals surface area contributed by atoms with Crippen LogP contribution in [0.1, 0.15) is 54.0 Å². The Morgan fingerprint density at radius 2 is 1.96 bits per heavy atom. The largest absolute Gasteiger partial charge is 0.337 e. The van der Waals surface area contributed by atoms with Crippen molar-refractivity contribution < 1.29 is 4.79 Å². The van der Waals surface area contributed by atoms with Gasteiger partial charge in [0.15, 0.2) is 5.16 Å². The molecule has 1 amide bonds. The fraction of sp³-hybridized carbons (Fsp3) is 0.524. The van der Waals surface area contributed by atoms with Gasteiger partial charge in [-0.3, -0.25) is 14.2 Å². The monoisotopic (exact) mass is 400 g/mol. The summed E-state index contributed by atoms with van der Waals surface area (Å²) in [6, 6.07) is 9.39. The van der Waals surface area contributed by atoms with Crippen LogP contribution in [-0.2, 0) is 4.79 Å². The molecular weight excluding hydrogens is 372 g/mol. The lowest BCUT2D eigenvalue weighted by atomic mass is 9.90. The minimum Gasteiger partial charge on any atom is -0.337 e. The standard InChI is InChI=1S/C21H28N4O2S/c1-7-14(4)25-19(27)16-10-8-9-11-17(16)23-20(25)28-15(5)18(26)24-21(6,12-22)13(2)3/h8-11,13-15H,7H2,1-6H3,(H,24,26)/t14-,15-,21+/m1/s1. The Hall–Kier alpha value is -2.33. The van der Waals surface area contributed by atoms with E-state index in [1.165, 1.54) is 11.8 Å². The molecule has 1 heterocycles. The van der Waals surface area contributed by atoms with Gasteiger partial charge in [0.2, 0.25) is 5.91 Å². The molecule has 7 heteroatoms. The number of thioether (sulfide) groups is 1. The van der Waals surface area contributed by atoms with E-state index >= 15 is 0 Å². The van der Waals surface area contributed by atoms with Gasteiger partial charge in [-0.2, -0.15) is 5.26 Å². The van der Waals surface area contributed by atoms with E-state index in [1.807, 2.05) is 39.8 Å². The summed E-state index contributed by atoms with van der Waals surface area (Å²) in [4.78, 5) is 30.4. The van der Waals surface area contributed by atoms with E-state index < -0.39 is 10.8 Å². The average molecular weight is 401 g/mol. The molecule has 28 heavy (non-hydrogen) atoms. The van der Waals surface area contributed by atoms with E-state index in [2.05, 4.69) is 16.4 Å². The van der Waals surface area contributed by atoms with E-state index in [4.69, 9.17) is 0 Å². The SMILES string of the molecule is CC[C@@H](C)n1c(S[C@H](C)C(=O)N[C@@](C)(C#N)C(C)C)nc2ccccc2c1=O. The normalized spacial score (nSPS) is 15.6. The number of carbonyl (C=O) groups excluding carboxylic acids is 1. The minimum atomic E-state index is -0.945. The summed E-state index contributed by atoms with van der Waals surface area (Å²) in [5, 5.41) is 12.9. The van der Waals surface area contributed by atoms with Crippen molar-refractivity contribution >= 4 is 28.6 Å². The smallest absolute Gasteiger partial charge is 0.262 e. The molecule has 0 spiro atoms. The molecule has 6 nitrogen and oxygen atoms in total. The predicted octanol–water partition coefficient (Wildman–Crippen LogP) is 3.90. The van der Waals surface area contributed by atoms with Gasteiger partial charge in [-0.05, 0) is 45.2 Å². The van der Waals surface area contributed by atoms with Crippen molar-refractivity contribution in [2.24, 2.45) is 5.92 Å². The van der Waals surface area contributed by atoms with Gasteiger partial charge in [-0.15, -0.1) is 0 Å². The van der Waals surface area contributed by atoms with Crippen molar-refractivity contribution in [1.29, 1.82) is 5.26 Å². The lowest BCUT2D eigenvalue weighted by molar-refractivity contribution is -0.121. The average Bonchev–Trinajstić information content (AvgIpc) is 2.67. The number of benzene rings is 1. The number of nitrogens with zero attached hydrogens (tertiary/aromatic N) is 3. The third-order valence-electron chi connectivity index (χ3n) is 5.23. The summed E-state index contributed by atoms with van der Waals surface area (Å²) in [6.45, 7) is 11.3. The number of nitrogens with one attached hydrogen (secondary N) is 1. The summed E-state index contributed by atoms with van der Waals surface area (Å²) in [6.07, 6.45) is 0.772. The first kappa shape index (κ1) is 22.0. The maximum absolute atomic E-state index is 13.0. The van der Waals surface area contributed by atoms with Gasteiger partial charge in [-0.1, -0.05) is 44.7 Å². The number of para-hydroxylation sites is 1. The number of amides is 1. The summed E-state index contributed by atoms with van der Waals surface area (Å²) < 4.78 is 1.67. The molecule has 1 aromatic heterocycles. The summed E-state index contributed by atoms with van der Waals surface area (Å²) in [7, 11) is 0. The Kier molecular flexibility index (Phi) is 6.89. The number of hydrogen-bond acceptors (Lipinski definition) is 5. The second-order valence-electron chi connectivity index (χ2n) is 7.56. The molecular formula is C21H28N4O2S. The number of carbonyl (C=O) groups is 1. The van der Waals surface area contributed by atoms with Gasteiger partial charge in [0.05, 0.1) is 22.2 Å². The van der Waals surface area contributed by atoms with Crippen molar-refractivity contribution in [1.82, 2.24) is 14.9 Å². The second kappa shape index (κ2) is 8.78. The van der Waals surface area contributed by atoms with Crippen molar-refractivity contribution in [3.8, 4) is 6.07 Å². The number of aromatic nitrogens is 2. The molecule has 0 unspecified atom stereocenters. The number of rotatable bonds is 7. The number of fused-ring (bicyclic) bond motifs is 1. The summed E-state index contributed by atoms with van der Waals surface area (Å²) in [5.74, 6) is -0.281. The van der Waals surface area contributed by atoms with Crippen LogP contribution in [0.2, 0.25) is 0 Å². The molecule has 0 radical (unpaired) electrons. The first-order valence-electron chi connectivity index (χ1n) is 9.55. The molecule has 0 aliphatic heterocycles. The van der Waals surface area contributed by atoms with Crippen LogP contribution >= 0.6 is 11.8 Å². The molecule has 150 valence electrons. The molecule has 0 fully saturated rings. The maximum atomic E-state index is 13.0. The van der Waals surface area contributed by atoms with Gasteiger partial charge in [0, 0.05) is 6.04 Å². The predicted molar refractivity (Wildman–Crippen MR) is 113 cm³/mol. The Morgan fingerprint density at radius 3 is 2.54 bits per heavy atom. The molecule has 3 atom stereocenters. The number of hydrogen-bond donors (Lipinski definition) is 1. The van der Waals surface area contributed by atoms with Crippen molar-refractivity contribution in [2.75, 3.05) is 0 Å². The van der Waals surface area contributed by atoms with Gasteiger partial charge < -0.3 is 5.32 Å². The highest BCUT2D eigenvalue weighted by atomic mass is 32.2. The third-order valence-corrected chi connectivity index (χ3v) is 6.29. The van der Waals surface area contributed by atoms with Crippen LogP contribution in [0.25, 0.3) is 10.9 Å². The Bertz CT molecular complexity index is 963. The molecule has 0 saturated carbocycles. The maximum Gasteiger partial charge on any atom is 0.262 e. The minimum absolute atomic E-state index is 0.0317. The van der Waals surface area contributed by atoms with Crippen LogP contribution in [0.15, 0.2) is 34.2 Å². The quantitative estimate of drug-likeness (QED) is 0.562. The zero-order valence-corrected chi connectivity index (χ0v) is 18.1. The highest BCUT2D eigenvalue weighted by Gasteiger charge is 2.32. The zero-order valence-electron chi connectivity index (χ0n) is 17.3. The molecule has 0 aliphatic carbocycles. The van der Waals surface area contributed by atoms with Gasteiger partial charge in [0.1, 0.15) is 5.54 Å². The van der Waals surface area contributed by atoms with Crippen LogP contribution < -0.4 is 10.9 Å². The third kappa shape index (κ3) is 4.39. The second-order valence-corrected chi connectivity index (χ2v) is 8.87. The van der Waals surface area contributed by atoms with Gasteiger partial charge >= 0.3 is 0 Å². The van der Waals surface area contributed by atoms with Crippen LogP contribution in [-0.4, -0.2) is 26.2 Å². The summed E-state index contributed by atoms with van der Waals surface area (Å²) >= 11 is 1.24. The molecule has 1 N–H and O–H groups in total. The van der Waals surface area contributed by atoms with E-state index in [-0.39, 0.29) is 23.4 Å². The van der Waals surface area contributed by atoms with Crippen LogP contribution in [0.5, 0.6) is 0 Å². The molecule has 2 rings (SSSR count). The van der Waals surface area contributed by atoms with Gasteiger partial charge in [-0.25, -0.2) is 4.98 Å². The van der Waals surface area contributed by atoms with Crippen molar-refractivity contribution in [2.45, 2.75) is 70.0 Å². The lowest BCUT2D eigenvalue weighted by Crippen LogP contribution is -2.51. The number of nitriles is 1. The lowest BCUT2D eigenvalue weighted by Gasteiger charge is -2.29. The van der Waals surface area contributed by atoms with E-state index in [0.29, 0.717) is 16.1 Å². The highest BCUT2D eigenvalue weighted by Crippen LogP contribution is 2.27. The molecule has 1 aromatic carbocycles. The first-order chi connectivity index (χ1) is 13.1. The fourth-order valence-corrected chi connectivity index (χ4v) is 3.66. The Balaban J connectivity index is 2.41. The van der Waals surface area contributed by atoms with Gasteiger partial charge in [0.25, 0.3) is 5.56 Å². The fourth-order valence-electron chi connectivity index (χ4n) is 2.65. The highest BCUT2D eigenvalue weighted by molar-refractivity contribution is 8.00. The van der Waals surface area contributed by atoms with Crippen LogP contribution in [0.4, 0.5) is 0 Å². The molecule has 0 saturated heterocycles. The van der Waals surface area contributed by atoms with Crippen LogP contribution in [0, 0.1) is 17.2 Å². The Morgan fingerprint density at radius 1 is 1.32 bits per heavy atom. The summed E-state index contributed by atoms with van der Waals surface area (Å²) in [5.41, 5.74) is -0.427. The van der Waals surface area contributed by atoms with E-state index in [9.17, 15) is 14.9 Å². The zero-order chi connectivity index (χ0) is 21.1. The molecule has 0 bridgehead atoms. The topological polar surface area (TPSA) is 87.8 Å². The Labute approximate surface area is 170 Å². The van der Waals surface area contributed by atoms with Crippen molar-refractivity contribution in [3.05, 3.63) is 34.6 Å². The first-order valence-corrected chi connectivity index (χ1v) is 10.4. The van der Waals surface area contributed by atoms with E-state index in [1.54, 1.807) is 30.5 Å². The van der Waals surface area contributed by atoms with Crippen LogP contribution in [0.3, 0.4) is 0 Å².